The third kappa shape index (κ3) is 6.47. The molecule has 3 aromatic heterocycles. The zero-order chi connectivity index (χ0) is 28.9. The average Bonchev–Trinajstić information content (AvgIpc) is 3.45. The summed E-state index contributed by atoms with van der Waals surface area (Å²) in [5.74, 6) is 0.0628. The average molecular weight is 615 g/mol. The van der Waals surface area contributed by atoms with Gasteiger partial charge in [0.05, 0.1) is 57.1 Å². The van der Waals surface area contributed by atoms with Crippen molar-refractivity contribution in [2.45, 2.75) is 6.18 Å². The van der Waals surface area contributed by atoms with Crippen molar-refractivity contribution in [2.24, 2.45) is 0 Å². The lowest BCUT2D eigenvalue weighted by Gasteiger charge is -2.04. The van der Waals surface area contributed by atoms with E-state index in [0.717, 1.165) is 16.9 Å². The molecule has 0 saturated carbocycles. The molecule has 0 N–H and O–H groups in total. The number of para-hydroxylation sites is 2. The van der Waals surface area contributed by atoms with E-state index < -0.39 is 21.7 Å². The van der Waals surface area contributed by atoms with E-state index >= 15 is 0 Å². The van der Waals surface area contributed by atoms with Crippen LogP contribution in [0.1, 0.15) is 5.69 Å². The van der Waals surface area contributed by atoms with Gasteiger partial charge in [-0.3, -0.25) is 30.2 Å². The number of benzene rings is 2. The van der Waals surface area contributed by atoms with Gasteiger partial charge in [0.1, 0.15) is 4.60 Å². The van der Waals surface area contributed by atoms with Crippen LogP contribution in [0.3, 0.4) is 0 Å². The smallest absolute Gasteiger partial charge is 0.258 e. The first kappa shape index (κ1) is 27.9. The Morgan fingerprint density at radius 3 is 1.68 bits per heavy atom. The molecule has 3 heterocycles. The second-order valence-electron chi connectivity index (χ2n) is 7.68. The van der Waals surface area contributed by atoms with Crippen molar-refractivity contribution in [1.29, 1.82) is 0 Å². The summed E-state index contributed by atoms with van der Waals surface area (Å²) in [6, 6.07) is 13.2. The zero-order valence-electron chi connectivity index (χ0n) is 19.8. The maximum Gasteiger partial charge on any atom is 0.435 e. The van der Waals surface area contributed by atoms with E-state index in [0.29, 0.717) is 15.9 Å². The fourth-order valence-electron chi connectivity index (χ4n) is 3.33. The van der Waals surface area contributed by atoms with Gasteiger partial charge in [0.2, 0.25) is 0 Å². The molecule has 0 fully saturated rings. The summed E-state index contributed by atoms with van der Waals surface area (Å²) in [7, 11) is 0. The molecule has 12 nitrogen and oxygen atoms in total. The van der Waals surface area contributed by atoms with Gasteiger partial charge in [-0.15, -0.1) is 0 Å². The predicted octanol–water partition coefficient (Wildman–Crippen LogP) is 6.07. The molecule has 0 spiro atoms. The number of hydrogen-bond acceptors (Lipinski definition) is 9. The van der Waals surface area contributed by atoms with E-state index in [1.807, 2.05) is 0 Å². The van der Waals surface area contributed by atoms with E-state index in [2.05, 4.69) is 41.0 Å². The molecular formula is C24H14BrF3N8O4. The van der Waals surface area contributed by atoms with Crippen molar-refractivity contribution in [2.75, 3.05) is 0 Å². The summed E-state index contributed by atoms with van der Waals surface area (Å²) in [4.78, 5) is 36.9. The molecule has 0 aliphatic heterocycles. The van der Waals surface area contributed by atoms with Crippen molar-refractivity contribution in [1.82, 2.24) is 29.7 Å². The molecule has 16 heteroatoms. The molecule has 2 aromatic carbocycles. The van der Waals surface area contributed by atoms with E-state index in [1.54, 1.807) is 24.3 Å². The highest BCUT2D eigenvalue weighted by atomic mass is 79.9. The van der Waals surface area contributed by atoms with E-state index in [4.69, 9.17) is 0 Å². The first-order valence-corrected chi connectivity index (χ1v) is 11.7. The third-order valence-electron chi connectivity index (χ3n) is 5.13. The minimum absolute atomic E-state index is 0.0270. The van der Waals surface area contributed by atoms with Gasteiger partial charge in [-0.2, -0.15) is 18.3 Å². The SMILES string of the molecule is O=[N+]([O-])c1ccccc1-c1cnc(-n2ccc(C(F)(F)F)n2)cn1.O=[N+]([O-])c1ccccc1-c1cnc(Br)cn1. The predicted molar refractivity (Wildman–Crippen MR) is 138 cm³/mol. The molecule has 0 saturated heterocycles. The van der Waals surface area contributed by atoms with Gasteiger partial charge in [-0.25, -0.2) is 14.6 Å². The Bertz CT molecular complexity index is 1660. The summed E-state index contributed by atoms with van der Waals surface area (Å²) >= 11 is 3.16. The fourth-order valence-corrected chi connectivity index (χ4v) is 3.54. The monoisotopic (exact) mass is 614 g/mol. The summed E-state index contributed by atoms with van der Waals surface area (Å²) in [5, 5.41) is 25.2. The number of aromatic nitrogens is 6. The summed E-state index contributed by atoms with van der Waals surface area (Å²) < 4.78 is 39.2. The Labute approximate surface area is 230 Å². The first-order chi connectivity index (χ1) is 19.0. The van der Waals surface area contributed by atoms with Crippen molar-refractivity contribution in [3.05, 3.63) is 116 Å². The maximum absolute atomic E-state index is 12.5. The van der Waals surface area contributed by atoms with Crippen molar-refractivity contribution in [3.63, 3.8) is 0 Å². The molecule has 5 aromatic rings. The molecule has 0 aliphatic carbocycles. The molecular weight excluding hydrogens is 601 g/mol. The molecule has 0 bridgehead atoms. The fraction of sp³-hybridized carbons (Fsp3) is 0.0417. The van der Waals surface area contributed by atoms with Crippen LogP contribution in [0.15, 0.2) is 90.2 Å². The Morgan fingerprint density at radius 1 is 0.725 bits per heavy atom. The Morgan fingerprint density at radius 2 is 1.25 bits per heavy atom. The molecule has 0 amide bonds. The maximum atomic E-state index is 12.5. The molecule has 40 heavy (non-hydrogen) atoms. The van der Waals surface area contributed by atoms with Crippen LogP contribution in [0.5, 0.6) is 0 Å². The number of nitro groups is 2. The van der Waals surface area contributed by atoms with E-state index in [-0.39, 0.29) is 28.5 Å². The topological polar surface area (TPSA) is 156 Å². The quantitative estimate of drug-likeness (QED) is 0.169. The van der Waals surface area contributed by atoms with Gasteiger partial charge in [-0.1, -0.05) is 24.3 Å². The Balaban J connectivity index is 0.000000201. The molecule has 5 rings (SSSR count). The summed E-state index contributed by atoms with van der Waals surface area (Å²) in [6.07, 6.45) is 1.99. The van der Waals surface area contributed by atoms with Crippen LogP contribution in [-0.4, -0.2) is 39.6 Å². The van der Waals surface area contributed by atoms with Gasteiger partial charge in [-0.05, 0) is 34.1 Å². The van der Waals surface area contributed by atoms with E-state index in [9.17, 15) is 33.4 Å². The normalized spacial score (nSPS) is 10.9. The highest BCUT2D eigenvalue weighted by molar-refractivity contribution is 9.10. The molecule has 0 unspecified atom stereocenters. The van der Waals surface area contributed by atoms with Crippen molar-refractivity contribution < 1.29 is 23.0 Å². The van der Waals surface area contributed by atoms with E-state index in [1.165, 1.54) is 49.1 Å². The Kier molecular flexibility index (Phi) is 8.18. The first-order valence-electron chi connectivity index (χ1n) is 10.9. The van der Waals surface area contributed by atoms with Crippen LogP contribution in [-0.2, 0) is 6.18 Å². The van der Waals surface area contributed by atoms with Gasteiger partial charge in [0, 0.05) is 18.3 Å². The number of alkyl halides is 3. The molecule has 0 atom stereocenters. The summed E-state index contributed by atoms with van der Waals surface area (Å²) in [6.45, 7) is 0. The minimum Gasteiger partial charge on any atom is -0.258 e. The van der Waals surface area contributed by atoms with Crippen LogP contribution in [0.25, 0.3) is 28.3 Å². The zero-order valence-corrected chi connectivity index (χ0v) is 21.4. The highest BCUT2D eigenvalue weighted by Gasteiger charge is 2.33. The lowest BCUT2D eigenvalue weighted by atomic mass is 10.1. The van der Waals surface area contributed by atoms with Crippen LogP contribution in [0, 0.1) is 20.2 Å². The van der Waals surface area contributed by atoms with Crippen LogP contribution in [0.4, 0.5) is 24.5 Å². The van der Waals surface area contributed by atoms with Crippen LogP contribution in [0.2, 0.25) is 0 Å². The summed E-state index contributed by atoms with van der Waals surface area (Å²) in [5.41, 5.74) is 0.277. The van der Waals surface area contributed by atoms with Gasteiger partial charge in [0.15, 0.2) is 11.5 Å². The van der Waals surface area contributed by atoms with Crippen LogP contribution >= 0.6 is 15.9 Å². The van der Waals surface area contributed by atoms with Crippen LogP contribution < -0.4 is 0 Å². The minimum atomic E-state index is -4.55. The lowest BCUT2D eigenvalue weighted by molar-refractivity contribution is -0.384. The Hall–Kier alpha value is -5.12. The van der Waals surface area contributed by atoms with Gasteiger partial charge >= 0.3 is 6.18 Å². The standard InChI is InChI=1S/C14H8F3N5O2.C10H6BrN3O2/c15-14(16,17)12-5-6-21(20-12)13-8-18-10(7-19-13)9-3-1-2-4-11(9)22(23)24;11-10-6-12-8(5-13-10)7-3-1-2-4-9(7)14(15)16/h1-8H;1-6H. The molecule has 202 valence electrons. The van der Waals surface area contributed by atoms with Gasteiger partial charge in [0.25, 0.3) is 11.4 Å². The lowest BCUT2D eigenvalue weighted by Crippen LogP contribution is -2.08. The molecule has 0 radical (unpaired) electrons. The van der Waals surface area contributed by atoms with Crippen molar-refractivity contribution in [3.8, 4) is 28.3 Å². The number of halogens is 4. The second kappa shape index (κ2) is 11.7. The highest BCUT2D eigenvalue weighted by Crippen LogP contribution is 2.30. The van der Waals surface area contributed by atoms with Gasteiger partial charge < -0.3 is 0 Å². The second-order valence-corrected chi connectivity index (χ2v) is 8.49. The number of nitro benzene ring substituents is 2. The number of rotatable bonds is 5. The number of nitrogens with zero attached hydrogens (tertiary/aromatic N) is 8. The number of hydrogen-bond donors (Lipinski definition) is 0. The largest absolute Gasteiger partial charge is 0.435 e. The molecule has 0 aliphatic rings. The third-order valence-corrected chi connectivity index (χ3v) is 5.54. The van der Waals surface area contributed by atoms with Crippen molar-refractivity contribution >= 4 is 27.3 Å².